The van der Waals surface area contributed by atoms with Gasteiger partial charge in [0, 0.05) is 23.8 Å². The molecule has 94 valence electrons. The molecule has 0 fully saturated rings. The summed E-state index contributed by atoms with van der Waals surface area (Å²) in [7, 11) is 1.72. The fourth-order valence-corrected chi connectivity index (χ4v) is 1.96. The Balaban J connectivity index is 2.13. The molecule has 3 N–H and O–H groups in total. The van der Waals surface area contributed by atoms with E-state index < -0.39 is 0 Å². The van der Waals surface area contributed by atoms with Crippen molar-refractivity contribution in [3.63, 3.8) is 0 Å². The average Bonchev–Trinajstić information content (AvgIpc) is 2.69. The number of hydrogen-bond acceptors (Lipinski definition) is 4. The monoisotopic (exact) mass is 262 g/mol. The highest BCUT2D eigenvalue weighted by atomic mass is 32.2. The Morgan fingerprint density at radius 3 is 2.56 bits per heavy atom. The Labute approximate surface area is 109 Å². The van der Waals surface area contributed by atoms with E-state index in [2.05, 4.69) is 10.4 Å². The summed E-state index contributed by atoms with van der Waals surface area (Å²) in [5.41, 5.74) is 7.03. The number of nitrogens with two attached hydrogens (primary N) is 1. The second-order valence-corrected chi connectivity index (χ2v) is 4.67. The summed E-state index contributed by atoms with van der Waals surface area (Å²) in [5, 5.41) is 6.78. The summed E-state index contributed by atoms with van der Waals surface area (Å²) in [6.45, 7) is 0. The van der Waals surface area contributed by atoms with Crippen LogP contribution in [0.15, 0.2) is 35.4 Å². The minimum atomic E-state index is -0.301. The van der Waals surface area contributed by atoms with Gasteiger partial charge in [-0.3, -0.25) is 9.48 Å². The molecule has 0 radical (unpaired) electrons. The molecule has 0 aliphatic heterocycles. The zero-order chi connectivity index (χ0) is 13.1. The minimum absolute atomic E-state index is 0.242. The van der Waals surface area contributed by atoms with E-state index in [1.807, 2.05) is 30.5 Å². The Morgan fingerprint density at radius 1 is 1.39 bits per heavy atom. The van der Waals surface area contributed by atoms with Gasteiger partial charge in [0.2, 0.25) is 0 Å². The lowest BCUT2D eigenvalue weighted by Gasteiger charge is -2.04. The summed E-state index contributed by atoms with van der Waals surface area (Å²) < 4.78 is 1.51. The molecule has 2 aromatic rings. The fraction of sp³-hybridized carbons (Fsp3) is 0.167. The molecule has 0 aliphatic carbocycles. The number of amides is 1. The van der Waals surface area contributed by atoms with E-state index in [-0.39, 0.29) is 11.6 Å². The van der Waals surface area contributed by atoms with Crippen LogP contribution in [-0.2, 0) is 7.05 Å². The van der Waals surface area contributed by atoms with Crippen LogP contribution in [0.25, 0.3) is 0 Å². The predicted octanol–water partition coefficient (Wildman–Crippen LogP) is 1.98. The maximum Gasteiger partial charge on any atom is 0.278 e. The summed E-state index contributed by atoms with van der Waals surface area (Å²) in [5.74, 6) is -0.301. The first-order valence-electron chi connectivity index (χ1n) is 5.34. The van der Waals surface area contributed by atoms with Gasteiger partial charge in [0.25, 0.3) is 5.91 Å². The lowest BCUT2D eigenvalue weighted by atomic mass is 10.3. The van der Waals surface area contributed by atoms with Crippen LogP contribution in [0.1, 0.15) is 10.5 Å². The number of rotatable bonds is 3. The number of nitrogens with one attached hydrogen (secondary N) is 1. The van der Waals surface area contributed by atoms with Crippen LogP contribution < -0.4 is 11.1 Å². The normalized spacial score (nSPS) is 10.3. The summed E-state index contributed by atoms with van der Waals surface area (Å²) in [6, 6.07) is 7.59. The van der Waals surface area contributed by atoms with Gasteiger partial charge in [-0.15, -0.1) is 11.8 Å². The number of anilines is 2. The number of aryl methyl sites for hydroxylation is 1. The average molecular weight is 262 g/mol. The number of thioether (sulfide) groups is 1. The van der Waals surface area contributed by atoms with Gasteiger partial charge < -0.3 is 11.1 Å². The molecule has 0 unspecified atom stereocenters. The van der Waals surface area contributed by atoms with Crippen molar-refractivity contribution >= 4 is 29.0 Å². The number of hydrogen-bond donors (Lipinski definition) is 2. The van der Waals surface area contributed by atoms with Gasteiger partial charge in [-0.1, -0.05) is 0 Å². The van der Waals surface area contributed by atoms with Crippen molar-refractivity contribution in [2.75, 3.05) is 17.3 Å². The van der Waals surface area contributed by atoms with E-state index in [4.69, 9.17) is 5.73 Å². The van der Waals surface area contributed by atoms with Gasteiger partial charge in [-0.25, -0.2) is 0 Å². The highest BCUT2D eigenvalue weighted by Gasteiger charge is 2.13. The molecule has 1 heterocycles. The summed E-state index contributed by atoms with van der Waals surface area (Å²) in [4.78, 5) is 13.1. The van der Waals surface area contributed by atoms with Crippen molar-refractivity contribution in [3.05, 3.63) is 36.2 Å². The molecular weight excluding hydrogens is 248 g/mol. The molecule has 0 bridgehead atoms. The summed E-state index contributed by atoms with van der Waals surface area (Å²) >= 11 is 1.65. The Hall–Kier alpha value is -1.95. The van der Waals surface area contributed by atoms with Crippen molar-refractivity contribution < 1.29 is 4.79 Å². The van der Waals surface area contributed by atoms with Crippen LogP contribution in [0.3, 0.4) is 0 Å². The minimum Gasteiger partial charge on any atom is -0.396 e. The largest absolute Gasteiger partial charge is 0.396 e. The second kappa shape index (κ2) is 5.14. The van der Waals surface area contributed by atoms with Crippen LogP contribution in [0.2, 0.25) is 0 Å². The van der Waals surface area contributed by atoms with Gasteiger partial charge in [0.15, 0.2) is 5.69 Å². The van der Waals surface area contributed by atoms with Gasteiger partial charge in [-0.2, -0.15) is 5.10 Å². The van der Waals surface area contributed by atoms with Crippen molar-refractivity contribution in [3.8, 4) is 0 Å². The highest BCUT2D eigenvalue weighted by molar-refractivity contribution is 7.98. The number of nitrogen functional groups attached to an aromatic ring is 1. The maximum absolute atomic E-state index is 11.9. The molecular formula is C12H14N4OS. The van der Waals surface area contributed by atoms with Crippen LogP contribution in [-0.4, -0.2) is 21.9 Å². The molecule has 6 heteroatoms. The molecule has 5 nitrogen and oxygen atoms in total. The fourth-order valence-electron chi connectivity index (χ4n) is 1.55. The lowest BCUT2D eigenvalue weighted by molar-refractivity contribution is 0.102. The van der Waals surface area contributed by atoms with Crippen molar-refractivity contribution in [2.45, 2.75) is 4.90 Å². The van der Waals surface area contributed by atoms with Crippen molar-refractivity contribution in [2.24, 2.45) is 7.05 Å². The van der Waals surface area contributed by atoms with E-state index in [1.54, 1.807) is 25.0 Å². The molecule has 1 aromatic heterocycles. The van der Waals surface area contributed by atoms with E-state index in [0.717, 1.165) is 10.6 Å². The van der Waals surface area contributed by atoms with Crippen molar-refractivity contribution in [1.82, 2.24) is 9.78 Å². The molecule has 2 rings (SSSR count). The molecule has 1 aromatic carbocycles. The second-order valence-electron chi connectivity index (χ2n) is 3.79. The number of nitrogens with zero attached hydrogens (tertiary/aromatic N) is 2. The van der Waals surface area contributed by atoms with Crippen LogP contribution >= 0.6 is 11.8 Å². The first-order valence-corrected chi connectivity index (χ1v) is 6.57. The molecule has 18 heavy (non-hydrogen) atoms. The van der Waals surface area contributed by atoms with E-state index in [0.29, 0.717) is 5.69 Å². The van der Waals surface area contributed by atoms with E-state index in [1.165, 1.54) is 4.68 Å². The Bertz CT molecular complexity index is 562. The third kappa shape index (κ3) is 2.65. The Morgan fingerprint density at radius 2 is 2.06 bits per heavy atom. The molecule has 0 atom stereocenters. The quantitative estimate of drug-likeness (QED) is 0.830. The molecule has 0 saturated heterocycles. The predicted molar refractivity (Wildman–Crippen MR) is 73.8 cm³/mol. The SMILES string of the molecule is CSc1ccc(NC(=O)c2nn(C)cc2N)cc1. The molecule has 0 saturated carbocycles. The zero-order valence-corrected chi connectivity index (χ0v) is 11.0. The van der Waals surface area contributed by atoms with E-state index >= 15 is 0 Å². The first kappa shape index (κ1) is 12.5. The number of aromatic nitrogens is 2. The van der Waals surface area contributed by atoms with Gasteiger partial charge >= 0.3 is 0 Å². The Kier molecular flexibility index (Phi) is 3.57. The van der Waals surface area contributed by atoms with E-state index in [9.17, 15) is 4.79 Å². The standard InChI is InChI=1S/C12H14N4OS/c1-16-7-10(13)11(15-16)12(17)14-8-3-5-9(18-2)6-4-8/h3-7H,13H2,1-2H3,(H,14,17). The van der Waals surface area contributed by atoms with Crippen LogP contribution in [0, 0.1) is 0 Å². The van der Waals surface area contributed by atoms with Gasteiger partial charge in [-0.05, 0) is 30.5 Å². The van der Waals surface area contributed by atoms with Gasteiger partial charge in [0.05, 0.1) is 5.69 Å². The van der Waals surface area contributed by atoms with Crippen LogP contribution in [0.4, 0.5) is 11.4 Å². The number of benzene rings is 1. The third-order valence-corrected chi connectivity index (χ3v) is 3.16. The van der Waals surface area contributed by atoms with Crippen molar-refractivity contribution in [1.29, 1.82) is 0 Å². The summed E-state index contributed by atoms with van der Waals surface area (Å²) in [6.07, 6.45) is 3.61. The molecule has 1 amide bonds. The topological polar surface area (TPSA) is 72.9 Å². The highest BCUT2D eigenvalue weighted by Crippen LogP contribution is 2.18. The molecule has 0 aliphatic rings. The maximum atomic E-state index is 11.9. The molecule has 0 spiro atoms. The lowest BCUT2D eigenvalue weighted by Crippen LogP contribution is -2.14. The first-order chi connectivity index (χ1) is 8.60. The van der Waals surface area contributed by atoms with Crippen LogP contribution in [0.5, 0.6) is 0 Å². The number of carbonyl (C=O) groups excluding carboxylic acids is 1. The zero-order valence-electron chi connectivity index (χ0n) is 10.2. The number of carbonyl (C=O) groups is 1. The smallest absolute Gasteiger partial charge is 0.278 e. The third-order valence-electron chi connectivity index (χ3n) is 2.42. The van der Waals surface area contributed by atoms with Gasteiger partial charge in [0.1, 0.15) is 0 Å².